The normalized spacial score (nSPS) is 13.9. The number of carbonyl (C=O) groups is 1. The third-order valence-electron chi connectivity index (χ3n) is 1.74. The van der Waals surface area contributed by atoms with Crippen molar-refractivity contribution < 1.29 is 15.0 Å². The zero-order valence-electron chi connectivity index (χ0n) is 8.52. The molecule has 0 radical (unpaired) electrons. The van der Waals surface area contributed by atoms with E-state index in [4.69, 9.17) is 5.11 Å². The van der Waals surface area contributed by atoms with E-state index in [9.17, 15) is 9.90 Å². The second-order valence-corrected chi connectivity index (χ2v) is 3.09. The molecule has 1 atom stereocenters. The Hall–Kier alpha value is -1.09. The monoisotopic (exact) mass is 198 g/mol. The molecule has 14 heavy (non-hydrogen) atoms. The maximum Gasteiger partial charge on any atom is 0.327 e. The fourth-order valence-electron chi connectivity index (χ4n) is 1.02. The van der Waals surface area contributed by atoms with Crippen LogP contribution in [0.25, 0.3) is 0 Å². The number of aliphatic carboxylic acids is 1. The minimum atomic E-state index is -0.969. The highest BCUT2D eigenvalue weighted by Crippen LogP contribution is 2.03. The van der Waals surface area contributed by atoms with Gasteiger partial charge < -0.3 is 10.2 Å². The topological polar surface area (TPSA) is 57.5 Å². The SMILES string of the molecule is CCC=CCCC(O)CC=CC(=O)O. The number of carboxylic acids is 1. The van der Waals surface area contributed by atoms with Gasteiger partial charge >= 0.3 is 5.97 Å². The second-order valence-electron chi connectivity index (χ2n) is 3.09. The van der Waals surface area contributed by atoms with Gasteiger partial charge in [-0.1, -0.05) is 25.2 Å². The first-order chi connectivity index (χ1) is 6.66. The van der Waals surface area contributed by atoms with Crippen molar-refractivity contribution in [2.45, 2.75) is 38.7 Å². The number of hydrogen-bond donors (Lipinski definition) is 2. The van der Waals surface area contributed by atoms with Gasteiger partial charge in [0.25, 0.3) is 0 Å². The van der Waals surface area contributed by atoms with E-state index in [1.165, 1.54) is 6.08 Å². The summed E-state index contributed by atoms with van der Waals surface area (Å²) < 4.78 is 0. The number of aliphatic hydroxyl groups is 1. The predicted molar refractivity (Wildman–Crippen MR) is 56.1 cm³/mol. The number of aliphatic hydroxyl groups excluding tert-OH is 1. The Balaban J connectivity index is 3.50. The molecule has 0 saturated carbocycles. The van der Waals surface area contributed by atoms with Crippen LogP contribution in [0.4, 0.5) is 0 Å². The summed E-state index contributed by atoms with van der Waals surface area (Å²) in [5, 5.41) is 17.7. The third kappa shape index (κ3) is 9.00. The molecule has 0 heterocycles. The van der Waals surface area contributed by atoms with Crippen LogP contribution in [0.2, 0.25) is 0 Å². The van der Waals surface area contributed by atoms with Gasteiger partial charge in [0, 0.05) is 6.08 Å². The molecule has 0 rings (SSSR count). The molecule has 0 aromatic rings. The van der Waals surface area contributed by atoms with Gasteiger partial charge in [-0.25, -0.2) is 4.79 Å². The molecular weight excluding hydrogens is 180 g/mol. The summed E-state index contributed by atoms with van der Waals surface area (Å²) in [7, 11) is 0. The Labute approximate surface area is 84.8 Å². The molecule has 0 bridgehead atoms. The van der Waals surface area contributed by atoms with E-state index in [-0.39, 0.29) is 0 Å². The molecule has 0 fully saturated rings. The molecule has 0 aromatic carbocycles. The minimum Gasteiger partial charge on any atom is -0.478 e. The van der Waals surface area contributed by atoms with E-state index in [2.05, 4.69) is 13.0 Å². The zero-order valence-corrected chi connectivity index (χ0v) is 8.52. The quantitative estimate of drug-likeness (QED) is 0.486. The molecule has 3 nitrogen and oxygen atoms in total. The summed E-state index contributed by atoms with van der Waals surface area (Å²) in [6.07, 6.45) is 9.13. The first-order valence-corrected chi connectivity index (χ1v) is 4.89. The van der Waals surface area contributed by atoms with Crippen molar-refractivity contribution in [1.82, 2.24) is 0 Å². The molecule has 0 amide bonds. The number of rotatable bonds is 7. The molecule has 3 heteroatoms. The molecule has 2 N–H and O–H groups in total. The molecule has 0 spiro atoms. The van der Waals surface area contributed by atoms with Gasteiger partial charge in [-0.2, -0.15) is 0 Å². The summed E-state index contributed by atoms with van der Waals surface area (Å²) in [6, 6.07) is 0. The lowest BCUT2D eigenvalue weighted by Gasteiger charge is -2.04. The van der Waals surface area contributed by atoms with Crippen LogP contribution in [0, 0.1) is 0 Å². The first-order valence-electron chi connectivity index (χ1n) is 4.89. The third-order valence-corrected chi connectivity index (χ3v) is 1.74. The van der Waals surface area contributed by atoms with Crippen molar-refractivity contribution >= 4 is 5.97 Å². The molecule has 80 valence electrons. The highest BCUT2D eigenvalue weighted by atomic mass is 16.4. The lowest BCUT2D eigenvalue weighted by atomic mass is 10.1. The number of carboxylic acid groups (broad SMARTS) is 1. The molecule has 0 aliphatic carbocycles. The lowest BCUT2D eigenvalue weighted by Crippen LogP contribution is -2.04. The fraction of sp³-hybridized carbons (Fsp3) is 0.545. The van der Waals surface area contributed by atoms with E-state index in [1.54, 1.807) is 0 Å². The Bertz CT molecular complexity index is 207. The van der Waals surface area contributed by atoms with E-state index in [0.717, 1.165) is 18.9 Å². The van der Waals surface area contributed by atoms with Gasteiger partial charge in [0.15, 0.2) is 0 Å². The maximum atomic E-state index is 10.1. The van der Waals surface area contributed by atoms with Crippen LogP contribution in [-0.4, -0.2) is 22.3 Å². The van der Waals surface area contributed by atoms with Crippen molar-refractivity contribution in [3.8, 4) is 0 Å². The minimum absolute atomic E-state index is 0.409. The van der Waals surface area contributed by atoms with Crippen LogP contribution in [0.1, 0.15) is 32.6 Å². The standard InChI is InChI=1S/C11H18O3/c1-2-3-4-5-7-10(12)8-6-9-11(13)14/h3-4,6,9-10,12H,2,5,7-8H2,1H3,(H,13,14). The zero-order chi connectivity index (χ0) is 10.8. The van der Waals surface area contributed by atoms with Gasteiger partial charge in [0.1, 0.15) is 0 Å². The van der Waals surface area contributed by atoms with Gasteiger partial charge in [-0.15, -0.1) is 0 Å². The van der Waals surface area contributed by atoms with E-state index >= 15 is 0 Å². The van der Waals surface area contributed by atoms with E-state index in [1.807, 2.05) is 6.08 Å². The summed E-state index contributed by atoms with van der Waals surface area (Å²) in [5.74, 6) is -0.969. The molecular formula is C11H18O3. The summed E-state index contributed by atoms with van der Waals surface area (Å²) in [4.78, 5) is 10.1. The van der Waals surface area contributed by atoms with Gasteiger partial charge in [0.2, 0.25) is 0 Å². The lowest BCUT2D eigenvalue weighted by molar-refractivity contribution is -0.131. The average Bonchev–Trinajstić information content (AvgIpc) is 2.12. The summed E-state index contributed by atoms with van der Waals surface area (Å²) in [6.45, 7) is 2.06. The summed E-state index contributed by atoms with van der Waals surface area (Å²) in [5.41, 5.74) is 0. The van der Waals surface area contributed by atoms with Crippen LogP contribution in [0.15, 0.2) is 24.3 Å². The fourth-order valence-corrected chi connectivity index (χ4v) is 1.02. The molecule has 0 saturated heterocycles. The van der Waals surface area contributed by atoms with Crippen molar-refractivity contribution in [3.63, 3.8) is 0 Å². The smallest absolute Gasteiger partial charge is 0.327 e. The van der Waals surface area contributed by atoms with Crippen LogP contribution in [-0.2, 0) is 4.79 Å². The average molecular weight is 198 g/mol. The van der Waals surface area contributed by atoms with E-state index < -0.39 is 12.1 Å². The predicted octanol–water partition coefficient (Wildman–Crippen LogP) is 2.12. The number of hydrogen-bond acceptors (Lipinski definition) is 2. The second kappa shape index (κ2) is 8.51. The van der Waals surface area contributed by atoms with Gasteiger partial charge in [-0.3, -0.25) is 0 Å². The highest BCUT2D eigenvalue weighted by Gasteiger charge is 1.99. The van der Waals surface area contributed by atoms with Crippen molar-refractivity contribution in [1.29, 1.82) is 0 Å². The Morgan fingerprint density at radius 1 is 1.36 bits per heavy atom. The molecule has 1 unspecified atom stereocenters. The molecule has 0 aromatic heterocycles. The Kier molecular flexibility index (Phi) is 7.84. The Morgan fingerprint density at radius 2 is 2.07 bits per heavy atom. The first kappa shape index (κ1) is 12.9. The van der Waals surface area contributed by atoms with Crippen molar-refractivity contribution in [2.75, 3.05) is 0 Å². The number of allylic oxidation sites excluding steroid dienone is 2. The molecule has 0 aliphatic heterocycles. The van der Waals surface area contributed by atoms with Crippen molar-refractivity contribution in [3.05, 3.63) is 24.3 Å². The summed E-state index contributed by atoms with van der Waals surface area (Å²) >= 11 is 0. The molecule has 0 aliphatic rings. The highest BCUT2D eigenvalue weighted by molar-refractivity contribution is 5.79. The maximum absolute atomic E-state index is 10.1. The largest absolute Gasteiger partial charge is 0.478 e. The van der Waals surface area contributed by atoms with Crippen LogP contribution >= 0.6 is 0 Å². The van der Waals surface area contributed by atoms with E-state index in [0.29, 0.717) is 12.8 Å². The van der Waals surface area contributed by atoms with Gasteiger partial charge in [0.05, 0.1) is 6.10 Å². The van der Waals surface area contributed by atoms with Crippen LogP contribution in [0.3, 0.4) is 0 Å². The van der Waals surface area contributed by atoms with Crippen LogP contribution < -0.4 is 0 Å². The Morgan fingerprint density at radius 3 is 2.64 bits per heavy atom. The van der Waals surface area contributed by atoms with Crippen molar-refractivity contribution in [2.24, 2.45) is 0 Å². The van der Waals surface area contributed by atoms with Crippen LogP contribution in [0.5, 0.6) is 0 Å². The van der Waals surface area contributed by atoms with Gasteiger partial charge in [-0.05, 0) is 25.7 Å².